The zero-order chi connectivity index (χ0) is 13.7. The zero-order valence-corrected chi connectivity index (χ0v) is 13.7. The van der Waals surface area contributed by atoms with Gasteiger partial charge < -0.3 is 4.12 Å². The fourth-order valence-electron chi connectivity index (χ4n) is 1.94. The quantitative estimate of drug-likeness (QED) is 0.767. The van der Waals surface area contributed by atoms with Gasteiger partial charge in [-0.25, -0.2) is 0 Å². The molecule has 0 fully saturated rings. The summed E-state index contributed by atoms with van der Waals surface area (Å²) in [5, 5.41) is 2.66. The van der Waals surface area contributed by atoms with Crippen molar-refractivity contribution < 1.29 is 4.12 Å². The Balaban J connectivity index is 2.37. The van der Waals surface area contributed by atoms with Crippen LogP contribution in [0.5, 0.6) is 0 Å². The Bertz CT molecular complexity index is 483. The normalized spacial score (nSPS) is 11.5. The van der Waals surface area contributed by atoms with Crippen LogP contribution in [0.2, 0.25) is 13.1 Å². The maximum atomic E-state index is 6.52. The van der Waals surface area contributed by atoms with E-state index in [-0.39, 0.29) is 0 Å². The highest BCUT2D eigenvalue weighted by Crippen LogP contribution is 2.08. The predicted molar refractivity (Wildman–Crippen MR) is 88.1 cm³/mol. The van der Waals surface area contributed by atoms with Crippen molar-refractivity contribution in [2.45, 2.75) is 13.1 Å². The molecule has 0 N–H and O–H groups in total. The molecular weight excluding hydrogens is 264 g/mol. The summed E-state index contributed by atoms with van der Waals surface area (Å²) in [6.07, 6.45) is 0. The third kappa shape index (κ3) is 3.77. The second-order valence-corrected chi connectivity index (χ2v) is 11.8. The molecule has 2 aromatic rings. The molecule has 0 aliphatic carbocycles. The summed E-state index contributed by atoms with van der Waals surface area (Å²) >= 11 is 0. The Morgan fingerprint density at radius 2 is 1.32 bits per heavy atom. The third-order valence-corrected chi connectivity index (χ3v) is 9.45. The summed E-state index contributed by atoms with van der Waals surface area (Å²) in [5.41, 5.74) is 2.01. The minimum atomic E-state index is -1.78. The Labute approximate surface area is 118 Å². The first-order valence-electron chi connectivity index (χ1n) is 6.54. The van der Waals surface area contributed by atoms with Crippen LogP contribution in [0.25, 0.3) is 0 Å². The lowest BCUT2D eigenvalue weighted by Crippen LogP contribution is -2.51. The highest BCUT2D eigenvalue weighted by Gasteiger charge is 2.26. The zero-order valence-electron chi connectivity index (χ0n) is 11.5. The van der Waals surface area contributed by atoms with Gasteiger partial charge in [-0.2, -0.15) is 0 Å². The van der Waals surface area contributed by atoms with Crippen LogP contribution in [-0.2, 0) is 4.12 Å². The van der Waals surface area contributed by atoms with E-state index in [0.717, 1.165) is 0 Å². The van der Waals surface area contributed by atoms with E-state index in [4.69, 9.17) is 4.12 Å². The smallest absolute Gasteiger partial charge is 0.228 e. The van der Waals surface area contributed by atoms with Gasteiger partial charge in [0.25, 0.3) is 0 Å². The van der Waals surface area contributed by atoms with Crippen molar-refractivity contribution in [1.82, 2.24) is 0 Å². The molecule has 0 spiro atoms. The molecular formula is C16H20OSi2. The fourth-order valence-corrected chi connectivity index (χ4v) is 7.37. The van der Waals surface area contributed by atoms with E-state index in [1.807, 2.05) is 5.70 Å². The predicted octanol–water partition coefficient (Wildman–Crippen LogP) is 2.47. The van der Waals surface area contributed by atoms with Gasteiger partial charge in [-0.15, -0.1) is 6.58 Å². The standard InChI is InChI=1S/C16H20OSi2/c1-4-19(2,3)17-18(15-11-7-5-8-12-15)16-13-9-6-10-14-16/h4-14,18H,1H2,2-3H3. The molecule has 0 heterocycles. The van der Waals surface area contributed by atoms with Crippen LogP contribution in [0.3, 0.4) is 0 Å². The molecule has 0 bridgehead atoms. The van der Waals surface area contributed by atoms with Crippen molar-refractivity contribution in [1.29, 1.82) is 0 Å². The fraction of sp³-hybridized carbons (Fsp3) is 0.125. The molecule has 0 unspecified atom stereocenters. The van der Waals surface area contributed by atoms with Crippen molar-refractivity contribution in [3.05, 3.63) is 72.9 Å². The first-order valence-corrected chi connectivity index (χ1v) is 11.1. The van der Waals surface area contributed by atoms with Gasteiger partial charge in [-0.05, 0) is 23.5 Å². The molecule has 2 rings (SSSR count). The molecule has 0 amide bonds. The lowest BCUT2D eigenvalue weighted by atomic mass is 10.4. The molecule has 98 valence electrons. The van der Waals surface area contributed by atoms with Crippen LogP contribution in [0.15, 0.2) is 72.9 Å². The monoisotopic (exact) mass is 284 g/mol. The summed E-state index contributed by atoms with van der Waals surface area (Å²) < 4.78 is 6.52. The third-order valence-electron chi connectivity index (χ3n) is 3.12. The van der Waals surface area contributed by atoms with Gasteiger partial charge in [-0.1, -0.05) is 66.4 Å². The van der Waals surface area contributed by atoms with E-state index in [9.17, 15) is 0 Å². The highest BCUT2D eigenvalue weighted by atomic mass is 28.4. The van der Waals surface area contributed by atoms with Crippen molar-refractivity contribution >= 4 is 27.7 Å². The second kappa shape index (κ2) is 6.15. The van der Waals surface area contributed by atoms with E-state index < -0.39 is 17.4 Å². The lowest BCUT2D eigenvalue weighted by Gasteiger charge is -2.26. The number of rotatable bonds is 5. The first-order chi connectivity index (χ1) is 9.12. The van der Waals surface area contributed by atoms with Crippen molar-refractivity contribution in [2.24, 2.45) is 0 Å². The van der Waals surface area contributed by atoms with E-state index in [0.29, 0.717) is 0 Å². The second-order valence-electron chi connectivity index (χ2n) is 5.13. The van der Waals surface area contributed by atoms with E-state index >= 15 is 0 Å². The Kier molecular flexibility index (Phi) is 4.53. The average Bonchev–Trinajstić information content (AvgIpc) is 2.47. The summed E-state index contributed by atoms with van der Waals surface area (Å²) in [4.78, 5) is 0. The molecule has 0 saturated carbocycles. The number of hydrogen-bond donors (Lipinski definition) is 0. The van der Waals surface area contributed by atoms with Gasteiger partial charge in [0.2, 0.25) is 9.04 Å². The van der Waals surface area contributed by atoms with Crippen molar-refractivity contribution in [2.75, 3.05) is 0 Å². The van der Waals surface area contributed by atoms with Crippen molar-refractivity contribution in [3.63, 3.8) is 0 Å². The van der Waals surface area contributed by atoms with Crippen LogP contribution in [-0.4, -0.2) is 17.4 Å². The van der Waals surface area contributed by atoms with Crippen molar-refractivity contribution in [3.8, 4) is 0 Å². The van der Waals surface area contributed by atoms with E-state index in [1.54, 1.807) is 0 Å². The van der Waals surface area contributed by atoms with Gasteiger partial charge in [0.05, 0.1) is 0 Å². The van der Waals surface area contributed by atoms with Crippen LogP contribution < -0.4 is 10.4 Å². The summed E-state index contributed by atoms with van der Waals surface area (Å²) in [6, 6.07) is 21.2. The lowest BCUT2D eigenvalue weighted by molar-refractivity contribution is 0.601. The summed E-state index contributed by atoms with van der Waals surface area (Å²) in [7, 11) is -3.38. The van der Waals surface area contributed by atoms with Gasteiger partial charge in [0.1, 0.15) is 0 Å². The maximum absolute atomic E-state index is 6.52. The minimum Gasteiger partial charge on any atom is -0.448 e. The van der Waals surface area contributed by atoms with Crippen LogP contribution in [0, 0.1) is 0 Å². The Morgan fingerprint density at radius 1 is 0.895 bits per heavy atom. The van der Waals surface area contributed by atoms with Crippen LogP contribution >= 0.6 is 0 Å². The van der Waals surface area contributed by atoms with E-state index in [2.05, 4.69) is 80.3 Å². The highest BCUT2D eigenvalue weighted by molar-refractivity contribution is 6.90. The minimum absolute atomic E-state index is 1.33. The summed E-state index contributed by atoms with van der Waals surface area (Å²) in [6.45, 7) is 8.33. The van der Waals surface area contributed by atoms with Crippen LogP contribution in [0.4, 0.5) is 0 Å². The van der Waals surface area contributed by atoms with Crippen LogP contribution in [0.1, 0.15) is 0 Å². The topological polar surface area (TPSA) is 9.23 Å². The molecule has 0 saturated heterocycles. The molecule has 19 heavy (non-hydrogen) atoms. The van der Waals surface area contributed by atoms with E-state index in [1.165, 1.54) is 10.4 Å². The van der Waals surface area contributed by atoms with Gasteiger partial charge in [0.15, 0.2) is 8.32 Å². The summed E-state index contributed by atoms with van der Waals surface area (Å²) in [5.74, 6) is 0. The number of benzene rings is 2. The SMILES string of the molecule is C=C[Si](C)(C)O[SiH](c1ccccc1)c1ccccc1. The largest absolute Gasteiger partial charge is 0.448 e. The maximum Gasteiger partial charge on any atom is 0.228 e. The average molecular weight is 285 g/mol. The van der Waals surface area contributed by atoms with Gasteiger partial charge >= 0.3 is 0 Å². The molecule has 0 aromatic heterocycles. The molecule has 3 heteroatoms. The first kappa shape index (κ1) is 14.0. The molecule has 2 aromatic carbocycles. The number of hydrogen-bond acceptors (Lipinski definition) is 1. The molecule has 0 aliphatic rings. The molecule has 0 atom stereocenters. The van der Waals surface area contributed by atoms with Gasteiger partial charge in [0, 0.05) is 0 Å². The Morgan fingerprint density at radius 3 is 1.68 bits per heavy atom. The molecule has 0 aliphatic heterocycles. The molecule has 1 nitrogen and oxygen atoms in total. The van der Waals surface area contributed by atoms with Gasteiger partial charge in [-0.3, -0.25) is 0 Å². The molecule has 0 radical (unpaired) electrons. The Hall–Kier alpha value is -1.43.